The van der Waals surface area contributed by atoms with E-state index in [9.17, 15) is 9.59 Å². The molecule has 39 heavy (non-hydrogen) atoms. The minimum absolute atomic E-state index is 0.0151. The molecule has 0 aliphatic carbocycles. The minimum Gasteiger partial charge on any atom is -0.481 e. The number of carbonyl (C=O) groups excluding carboxylic acids is 2. The first-order valence-corrected chi connectivity index (χ1v) is 13.7. The number of aliphatic carboxylic acids is 1. The Kier molecular flexibility index (Phi) is 12.8. The first-order chi connectivity index (χ1) is 18.3. The lowest BCUT2D eigenvalue weighted by Crippen LogP contribution is -2.50. The summed E-state index contributed by atoms with van der Waals surface area (Å²) in [7, 11) is 0. The molecule has 10 nitrogen and oxygen atoms in total. The van der Waals surface area contributed by atoms with Gasteiger partial charge in [-0.3, -0.25) is 14.4 Å². The molecular formula is C29H46N2O8. The predicted octanol–water partition coefficient (Wildman–Crippen LogP) is 3.05. The van der Waals surface area contributed by atoms with Gasteiger partial charge in [-0.1, -0.05) is 30.7 Å². The van der Waals surface area contributed by atoms with Crippen LogP contribution in [-0.2, 0) is 33.3 Å². The summed E-state index contributed by atoms with van der Waals surface area (Å²) in [5.41, 5.74) is 6.98. The Hall–Kier alpha value is -2.53. The standard InChI is InChI=1S/C27H42N2O6.C2H4O2/c1-17(6-9-22-13-27(16-32-27)14-23(15-28)35-22)7-10-25-18(2)12-24(20(4)34-25)29-26(31)11-8-19(3)33-21(5)30;1-2(3)4/h6-9,11,18-20,22-25H,10,12-16,28H2,1-5H3,(H,29,31);1H3,(H,3,4)/b9-6+,11-8-,17-7+;/t18-,19-,20+,22+,23-,24+,25-,27+;/m0./s1. The van der Waals surface area contributed by atoms with Crippen molar-refractivity contribution >= 4 is 17.8 Å². The van der Waals surface area contributed by atoms with E-state index in [1.807, 2.05) is 6.92 Å². The molecule has 1 spiro atoms. The molecule has 10 heteroatoms. The summed E-state index contributed by atoms with van der Waals surface area (Å²) in [6.45, 7) is 11.7. The minimum atomic E-state index is -0.833. The molecule has 0 saturated carbocycles. The second-order valence-corrected chi connectivity index (χ2v) is 10.9. The maximum absolute atomic E-state index is 12.3. The highest BCUT2D eigenvalue weighted by Gasteiger charge is 2.50. The van der Waals surface area contributed by atoms with Gasteiger partial charge < -0.3 is 35.1 Å². The van der Waals surface area contributed by atoms with Crippen molar-refractivity contribution in [2.75, 3.05) is 13.2 Å². The van der Waals surface area contributed by atoms with Crippen LogP contribution in [0.4, 0.5) is 0 Å². The van der Waals surface area contributed by atoms with E-state index in [1.165, 1.54) is 18.6 Å². The molecule has 220 valence electrons. The number of hydrogen-bond donors (Lipinski definition) is 3. The average molecular weight is 551 g/mol. The van der Waals surface area contributed by atoms with E-state index in [-0.39, 0.29) is 47.9 Å². The molecule has 3 saturated heterocycles. The summed E-state index contributed by atoms with van der Waals surface area (Å²) in [6, 6.07) is -0.0664. The zero-order valence-electron chi connectivity index (χ0n) is 24.1. The van der Waals surface area contributed by atoms with Gasteiger partial charge in [0.15, 0.2) is 0 Å². The summed E-state index contributed by atoms with van der Waals surface area (Å²) in [5, 5.41) is 10.4. The van der Waals surface area contributed by atoms with Crippen molar-refractivity contribution in [3.05, 3.63) is 36.0 Å². The number of nitrogens with two attached hydrogens (primary N) is 1. The van der Waals surface area contributed by atoms with Gasteiger partial charge in [-0.2, -0.15) is 0 Å². The van der Waals surface area contributed by atoms with E-state index < -0.39 is 12.1 Å². The molecule has 8 atom stereocenters. The number of carboxylic acids is 1. The van der Waals surface area contributed by atoms with Crippen molar-refractivity contribution in [1.29, 1.82) is 0 Å². The maximum Gasteiger partial charge on any atom is 0.303 e. The third-order valence-corrected chi connectivity index (χ3v) is 7.02. The van der Waals surface area contributed by atoms with Crippen LogP contribution < -0.4 is 11.1 Å². The Morgan fingerprint density at radius 1 is 1.15 bits per heavy atom. The molecule has 0 aromatic heterocycles. The Morgan fingerprint density at radius 3 is 2.41 bits per heavy atom. The fourth-order valence-electron chi connectivity index (χ4n) is 4.90. The molecule has 3 aliphatic heterocycles. The molecule has 1 amide bonds. The molecular weight excluding hydrogens is 504 g/mol. The number of esters is 1. The molecule has 4 N–H and O–H groups in total. The van der Waals surface area contributed by atoms with E-state index in [0.29, 0.717) is 12.5 Å². The molecule has 0 bridgehead atoms. The van der Waals surface area contributed by atoms with Crippen molar-refractivity contribution in [2.24, 2.45) is 11.7 Å². The molecule has 0 aromatic rings. The maximum atomic E-state index is 12.3. The summed E-state index contributed by atoms with van der Waals surface area (Å²) in [6.07, 6.45) is 12.5. The van der Waals surface area contributed by atoms with Crippen LogP contribution in [0.1, 0.15) is 67.2 Å². The third kappa shape index (κ3) is 12.0. The first kappa shape index (κ1) is 32.7. The van der Waals surface area contributed by atoms with E-state index >= 15 is 0 Å². The summed E-state index contributed by atoms with van der Waals surface area (Å²) in [5.74, 6) is -1.12. The van der Waals surface area contributed by atoms with Crippen LogP contribution in [0.25, 0.3) is 0 Å². The van der Waals surface area contributed by atoms with Gasteiger partial charge in [0, 0.05) is 39.3 Å². The molecule has 0 radical (unpaired) electrons. The zero-order chi connectivity index (χ0) is 29.2. The number of carbonyl (C=O) groups is 3. The molecule has 3 rings (SSSR count). The van der Waals surface area contributed by atoms with Gasteiger partial charge in [0.2, 0.25) is 5.91 Å². The molecule has 3 aliphatic rings. The van der Waals surface area contributed by atoms with Crippen molar-refractivity contribution in [3.63, 3.8) is 0 Å². The van der Waals surface area contributed by atoms with Crippen LogP contribution in [0.15, 0.2) is 36.0 Å². The summed E-state index contributed by atoms with van der Waals surface area (Å²) < 4.78 is 23.0. The van der Waals surface area contributed by atoms with Gasteiger partial charge in [-0.05, 0) is 45.6 Å². The lowest BCUT2D eigenvalue weighted by atomic mass is 9.88. The first-order valence-electron chi connectivity index (χ1n) is 13.7. The quantitative estimate of drug-likeness (QED) is 0.170. The Labute approximate surface area is 231 Å². The second kappa shape index (κ2) is 15.3. The van der Waals surface area contributed by atoms with Gasteiger partial charge >= 0.3 is 5.97 Å². The van der Waals surface area contributed by atoms with Gasteiger partial charge in [0.25, 0.3) is 5.97 Å². The van der Waals surface area contributed by atoms with E-state index in [4.69, 9.17) is 34.6 Å². The number of epoxide rings is 1. The smallest absolute Gasteiger partial charge is 0.303 e. The monoisotopic (exact) mass is 550 g/mol. The number of ether oxygens (including phenoxy) is 4. The predicted molar refractivity (Wildman–Crippen MR) is 147 cm³/mol. The second-order valence-electron chi connectivity index (χ2n) is 10.9. The van der Waals surface area contributed by atoms with Gasteiger partial charge in [-0.25, -0.2) is 0 Å². The lowest BCUT2D eigenvalue weighted by molar-refractivity contribution is -0.143. The van der Waals surface area contributed by atoms with Crippen LogP contribution in [-0.4, -0.2) is 78.3 Å². The van der Waals surface area contributed by atoms with Crippen molar-refractivity contribution in [2.45, 2.75) is 109 Å². The lowest BCUT2D eigenvalue weighted by Gasteiger charge is -2.39. The van der Waals surface area contributed by atoms with E-state index in [2.05, 4.69) is 37.4 Å². The Morgan fingerprint density at radius 2 is 1.82 bits per heavy atom. The van der Waals surface area contributed by atoms with Crippen LogP contribution in [0.5, 0.6) is 0 Å². The van der Waals surface area contributed by atoms with Crippen LogP contribution >= 0.6 is 0 Å². The van der Waals surface area contributed by atoms with E-state index in [1.54, 1.807) is 13.0 Å². The number of allylic oxidation sites excluding steroid dienone is 2. The van der Waals surface area contributed by atoms with Crippen molar-refractivity contribution < 1.29 is 38.4 Å². The topological polar surface area (TPSA) is 150 Å². The fraction of sp³-hybridized carbons (Fsp3) is 0.690. The average Bonchev–Trinajstić information content (AvgIpc) is 3.59. The molecule has 3 fully saturated rings. The highest BCUT2D eigenvalue weighted by molar-refractivity contribution is 5.87. The molecule has 3 heterocycles. The van der Waals surface area contributed by atoms with Gasteiger partial charge in [0.05, 0.1) is 42.7 Å². The van der Waals surface area contributed by atoms with E-state index in [0.717, 1.165) is 39.2 Å². The summed E-state index contributed by atoms with van der Waals surface area (Å²) in [4.78, 5) is 32.3. The largest absolute Gasteiger partial charge is 0.481 e. The van der Waals surface area contributed by atoms with Crippen molar-refractivity contribution in [1.82, 2.24) is 5.32 Å². The zero-order valence-corrected chi connectivity index (χ0v) is 24.1. The van der Waals surface area contributed by atoms with Crippen LogP contribution in [0.3, 0.4) is 0 Å². The summed E-state index contributed by atoms with van der Waals surface area (Å²) >= 11 is 0. The van der Waals surface area contributed by atoms with Crippen LogP contribution in [0.2, 0.25) is 0 Å². The number of hydrogen-bond acceptors (Lipinski definition) is 8. The molecule has 0 aromatic carbocycles. The van der Waals surface area contributed by atoms with Crippen LogP contribution in [0, 0.1) is 5.92 Å². The number of amides is 1. The van der Waals surface area contributed by atoms with Gasteiger partial charge in [-0.15, -0.1) is 0 Å². The number of carboxylic acid groups (broad SMARTS) is 1. The SMILES string of the molecule is CC(=O)O.CC(=O)O[C@@H](C)/C=C\C(=O)N[C@@H]1C[C@H](C)[C@H](C/C=C(C)/C=C/[C@@H]2C[C@]3(CO3)C[C@@H](CN)O2)O[C@@H]1C. The molecule has 0 unspecified atom stereocenters. The Bertz CT molecular complexity index is 922. The number of rotatable bonds is 9. The number of nitrogens with one attached hydrogen (secondary N) is 1. The normalized spacial score (nSPS) is 33.4. The third-order valence-electron chi connectivity index (χ3n) is 7.02. The van der Waals surface area contributed by atoms with Gasteiger partial charge in [0.1, 0.15) is 6.10 Å². The Balaban J connectivity index is 0.00000124. The fourth-order valence-corrected chi connectivity index (χ4v) is 4.90. The highest BCUT2D eigenvalue weighted by atomic mass is 16.6. The highest BCUT2D eigenvalue weighted by Crippen LogP contribution is 2.42. The van der Waals surface area contributed by atoms with Crippen molar-refractivity contribution in [3.8, 4) is 0 Å².